The highest BCUT2D eigenvalue weighted by molar-refractivity contribution is 7.08. The van der Waals surface area contributed by atoms with Crippen molar-refractivity contribution in [1.29, 1.82) is 5.26 Å². The van der Waals surface area contributed by atoms with Crippen LogP contribution in [-0.2, 0) is 0 Å². The lowest BCUT2D eigenvalue weighted by molar-refractivity contribution is 0.0945. The van der Waals surface area contributed by atoms with Crippen LogP contribution in [0.5, 0.6) is 11.5 Å². The number of methoxy groups -OCH3 is 2. The minimum absolute atomic E-state index is 0.298. The zero-order chi connectivity index (χ0) is 15.2. The number of hydrogen-bond acceptors (Lipinski definition) is 5. The van der Waals surface area contributed by atoms with Crippen LogP contribution in [0.3, 0.4) is 0 Å². The molecule has 0 aliphatic heterocycles. The molecule has 0 aliphatic carbocycles. The van der Waals surface area contributed by atoms with Crippen molar-refractivity contribution in [3.05, 3.63) is 46.2 Å². The Balaban J connectivity index is 2.30. The molecular formula is C15H14N2O3S. The summed E-state index contributed by atoms with van der Waals surface area (Å²) in [6.07, 6.45) is 0. The van der Waals surface area contributed by atoms with Gasteiger partial charge in [-0.1, -0.05) is 12.1 Å². The minimum atomic E-state index is -0.817. The van der Waals surface area contributed by atoms with Crippen molar-refractivity contribution in [2.24, 2.45) is 0 Å². The Kier molecular flexibility index (Phi) is 4.80. The van der Waals surface area contributed by atoms with E-state index in [4.69, 9.17) is 9.47 Å². The maximum atomic E-state index is 12.1. The molecule has 0 unspecified atom stereocenters. The van der Waals surface area contributed by atoms with Crippen molar-refractivity contribution in [1.82, 2.24) is 5.32 Å². The average Bonchev–Trinajstić information content (AvgIpc) is 3.06. The summed E-state index contributed by atoms with van der Waals surface area (Å²) in [6, 6.07) is 8.17. The van der Waals surface area contributed by atoms with Gasteiger partial charge < -0.3 is 14.8 Å². The first kappa shape index (κ1) is 14.9. The van der Waals surface area contributed by atoms with E-state index < -0.39 is 6.04 Å². The molecule has 1 aromatic carbocycles. The monoisotopic (exact) mass is 302 g/mol. The number of carbonyl (C=O) groups excluding carboxylic acids is 1. The van der Waals surface area contributed by atoms with E-state index in [1.54, 1.807) is 29.6 Å². The van der Waals surface area contributed by atoms with Crippen LogP contribution in [0.25, 0.3) is 0 Å². The number of benzene rings is 1. The Bertz CT molecular complexity index is 662. The molecule has 1 amide bonds. The minimum Gasteiger partial charge on any atom is -0.493 e. The highest BCUT2D eigenvalue weighted by atomic mass is 32.1. The lowest BCUT2D eigenvalue weighted by Crippen LogP contribution is -2.27. The number of nitriles is 1. The van der Waals surface area contributed by atoms with E-state index in [1.807, 2.05) is 5.38 Å². The topological polar surface area (TPSA) is 71.3 Å². The Hall–Kier alpha value is -2.52. The summed E-state index contributed by atoms with van der Waals surface area (Å²) >= 11 is 1.42. The zero-order valence-electron chi connectivity index (χ0n) is 11.6. The number of nitrogens with one attached hydrogen (secondary N) is 1. The Labute approximate surface area is 126 Å². The second kappa shape index (κ2) is 6.77. The molecule has 1 heterocycles. The van der Waals surface area contributed by atoms with E-state index in [1.165, 1.54) is 25.6 Å². The third kappa shape index (κ3) is 3.15. The standard InChI is InChI=1S/C15H14N2O3S/c1-19-13-5-3-4-11(14(13)20-2)12(8-16)17-15(18)10-6-7-21-9-10/h3-7,9,12H,1-2H3,(H,17,18)/t12-/m0/s1. The fourth-order valence-corrected chi connectivity index (χ4v) is 2.56. The molecule has 108 valence electrons. The van der Waals surface area contributed by atoms with E-state index in [9.17, 15) is 10.1 Å². The van der Waals surface area contributed by atoms with E-state index in [-0.39, 0.29) is 5.91 Å². The molecule has 2 rings (SSSR count). The van der Waals surface area contributed by atoms with Crippen LogP contribution in [0.1, 0.15) is 22.0 Å². The van der Waals surface area contributed by atoms with Gasteiger partial charge in [0.1, 0.15) is 6.04 Å². The van der Waals surface area contributed by atoms with Crippen LogP contribution in [0.15, 0.2) is 35.0 Å². The van der Waals surface area contributed by atoms with Crippen molar-refractivity contribution >= 4 is 17.2 Å². The molecule has 0 aliphatic rings. The molecule has 1 aromatic heterocycles. The van der Waals surface area contributed by atoms with Crippen molar-refractivity contribution < 1.29 is 14.3 Å². The van der Waals surface area contributed by atoms with Gasteiger partial charge in [0.05, 0.1) is 25.9 Å². The summed E-state index contributed by atoms with van der Waals surface area (Å²) in [6.45, 7) is 0. The third-order valence-corrected chi connectivity index (χ3v) is 3.62. The second-order valence-electron chi connectivity index (χ2n) is 4.13. The van der Waals surface area contributed by atoms with Crippen molar-refractivity contribution in [2.45, 2.75) is 6.04 Å². The third-order valence-electron chi connectivity index (χ3n) is 2.93. The summed E-state index contributed by atoms with van der Waals surface area (Å²) < 4.78 is 10.5. The van der Waals surface area contributed by atoms with Gasteiger partial charge in [-0.15, -0.1) is 0 Å². The van der Waals surface area contributed by atoms with E-state index >= 15 is 0 Å². The SMILES string of the molecule is COc1cccc([C@H](C#N)NC(=O)c2ccsc2)c1OC. The summed E-state index contributed by atoms with van der Waals surface area (Å²) in [5.74, 6) is 0.657. The maximum Gasteiger partial charge on any atom is 0.253 e. The lowest BCUT2D eigenvalue weighted by atomic mass is 10.1. The molecule has 2 aromatic rings. The van der Waals surface area contributed by atoms with E-state index in [2.05, 4.69) is 11.4 Å². The summed E-state index contributed by atoms with van der Waals surface area (Å²) in [7, 11) is 3.02. The van der Waals surface area contributed by atoms with Crippen LogP contribution in [0.4, 0.5) is 0 Å². The lowest BCUT2D eigenvalue weighted by Gasteiger charge is -2.17. The molecule has 0 fully saturated rings. The molecule has 5 nitrogen and oxygen atoms in total. The highest BCUT2D eigenvalue weighted by Gasteiger charge is 2.21. The Morgan fingerprint density at radius 3 is 2.71 bits per heavy atom. The van der Waals surface area contributed by atoms with Gasteiger partial charge in [0.25, 0.3) is 5.91 Å². The number of rotatable bonds is 5. The van der Waals surface area contributed by atoms with Crippen molar-refractivity contribution in [3.8, 4) is 17.6 Å². The first-order chi connectivity index (χ1) is 10.2. The summed E-state index contributed by atoms with van der Waals surface area (Å²) in [4.78, 5) is 12.1. The van der Waals surface area contributed by atoms with Crippen LogP contribution < -0.4 is 14.8 Å². The van der Waals surface area contributed by atoms with Gasteiger partial charge in [-0.25, -0.2) is 0 Å². The van der Waals surface area contributed by atoms with Crippen LogP contribution in [0.2, 0.25) is 0 Å². The summed E-state index contributed by atoms with van der Waals surface area (Å²) in [5, 5.41) is 15.6. The number of amides is 1. The van der Waals surface area contributed by atoms with Gasteiger partial charge in [0.15, 0.2) is 11.5 Å². The second-order valence-corrected chi connectivity index (χ2v) is 4.91. The van der Waals surface area contributed by atoms with Crippen LogP contribution >= 0.6 is 11.3 Å². The predicted molar refractivity (Wildman–Crippen MR) is 79.7 cm³/mol. The van der Waals surface area contributed by atoms with Gasteiger partial charge in [-0.3, -0.25) is 4.79 Å². The van der Waals surface area contributed by atoms with Gasteiger partial charge in [-0.05, 0) is 17.5 Å². The molecule has 1 N–H and O–H groups in total. The average molecular weight is 302 g/mol. The van der Waals surface area contributed by atoms with E-state index in [0.29, 0.717) is 22.6 Å². The number of para-hydroxylation sites is 1. The molecule has 0 radical (unpaired) electrons. The maximum absolute atomic E-state index is 12.1. The number of hydrogen-bond donors (Lipinski definition) is 1. The van der Waals surface area contributed by atoms with Crippen LogP contribution in [0, 0.1) is 11.3 Å². The van der Waals surface area contributed by atoms with Gasteiger partial charge in [0.2, 0.25) is 0 Å². The molecular weight excluding hydrogens is 288 g/mol. The Morgan fingerprint density at radius 1 is 1.33 bits per heavy atom. The Morgan fingerprint density at radius 2 is 2.14 bits per heavy atom. The molecule has 0 saturated heterocycles. The van der Waals surface area contributed by atoms with Gasteiger partial charge in [-0.2, -0.15) is 16.6 Å². The molecule has 21 heavy (non-hydrogen) atoms. The fourth-order valence-electron chi connectivity index (χ4n) is 1.93. The van der Waals surface area contributed by atoms with Gasteiger partial charge >= 0.3 is 0 Å². The van der Waals surface area contributed by atoms with Gasteiger partial charge in [0, 0.05) is 10.9 Å². The number of carbonyl (C=O) groups is 1. The number of thiophene rings is 1. The quantitative estimate of drug-likeness (QED) is 0.922. The highest BCUT2D eigenvalue weighted by Crippen LogP contribution is 2.34. The molecule has 0 bridgehead atoms. The molecule has 6 heteroatoms. The summed E-state index contributed by atoms with van der Waals surface area (Å²) in [5.41, 5.74) is 1.09. The smallest absolute Gasteiger partial charge is 0.253 e. The fraction of sp³-hybridized carbons (Fsp3) is 0.200. The van der Waals surface area contributed by atoms with Crippen molar-refractivity contribution in [2.75, 3.05) is 14.2 Å². The number of ether oxygens (including phenoxy) is 2. The largest absolute Gasteiger partial charge is 0.493 e. The predicted octanol–water partition coefficient (Wildman–Crippen LogP) is 2.76. The molecule has 0 spiro atoms. The molecule has 0 saturated carbocycles. The normalized spacial score (nSPS) is 11.3. The zero-order valence-corrected chi connectivity index (χ0v) is 12.4. The van der Waals surface area contributed by atoms with E-state index in [0.717, 1.165) is 0 Å². The number of nitrogens with zero attached hydrogens (tertiary/aromatic N) is 1. The first-order valence-corrected chi connectivity index (χ1v) is 7.09. The molecule has 1 atom stereocenters. The van der Waals surface area contributed by atoms with Crippen molar-refractivity contribution in [3.63, 3.8) is 0 Å². The first-order valence-electron chi connectivity index (χ1n) is 6.14. The van der Waals surface area contributed by atoms with Crippen LogP contribution in [-0.4, -0.2) is 20.1 Å².